The number of rotatable bonds is 4. The van der Waals surface area contributed by atoms with Gasteiger partial charge in [0.25, 0.3) is 0 Å². The molecule has 1 fully saturated rings. The fraction of sp³-hybridized carbons (Fsp3) is 0.529. The van der Waals surface area contributed by atoms with E-state index in [1.54, 1.807) is 0 Å². The first-order valence-corrected chi connectivity index (χ1v) is 8.45. The summed E-state index contributed by atoms with van der Waals surface area (Å²) in [7, 11) is 0. The van der Waals surface area contributed by atoms with Crippen LogP contribution in [0.4, 0.5) is 0 Å². The minimum absolute atomic E-state index is 0.256. The molecule has 3 heteroatoms. The number of thiophene rings is 1. The lowest BCUT2D eigenvalue weighted by molar-refractivity contribution is -0.0271. The molecule has 1 aromatic heterocycles. The third-order valence-electron chi connectivity index (χ3n) is 4.05. The zero-order valence-corrected chi connectivity index (χ0v) is 13.1. The largest absolute Gasteiger partial charge is 0.373 e. The van der Waals surface area contributed by atoms with E-state index in [9.17, 15) is 0 Å². The summed E-state index contributed by atoms with van der Waals surface area (Å²) in [6.07, 6.45) is 2.70. The lowest BCUT2D eigenvalue weighted by Crippen LogP contribution is -2.34. The number of hydrogen-bond donors (Lipinski definition) is 1. The van der Waals surface area contributed by atoms with Crippen LogP contribution in [-0.2, 0) is 4.74 Å². The SMILES string of the molecule is CC(C)NCC1CCCOC1c1csc2ccccc12. The Balaban J connectivity index is 1.85. The molecule has 3 rings (SSSR count). The summed E-state index contributed by atoms with van der Waals surface area (Å²) >= 11 is 1.83. The number of ether oxygens (including phenoxy) is 1. The highest BCUT2D eigenvalue weighted by atomic mass is 32.1. The van der Waals surface area contributed by atoms with Gasteiger partial charge in [-0.2, -0.15) is 0 Å². The van der Waals surface area contributed by atoms with Gasteiger partial charge in [0, 0.05) is 29.8 Å². The van der Waals surface area contributed by atoms with Crippen LogP contribution in [0.3, 0.4) is 0 Å². The number of benzene rings is 1. The van der Waals surface area contributed by atoms with Gasteiger partial charge in [-0.3, -0.25) is 0 Å². The van der Waals surface area contributed by atoms with Crippen LogP contribution in [0, 0.1) is 5.92 Å². The smallest absolute Gasteiger partial charge is 0.0879 e. The molecule has 0 saturated carbocycles. The first-order chi connectivity index (χ1) is 9.75. The quantitative estimate of drug-likeness (QED) is 0.902. The summed E-state index contributed by atoms with van der Waals surface area (Å²) < 4.78 is 7.51. The molecule has 0 aliphatic carbocycles. The van der Waals surface area contributed by atoms with Crippen LogP contribution in [0.25, 0.3) is 10.1 Å². The van der Waals surface area contributed by atoms with Crippen LogP contribution >= 0.6 is 11.3 Å². The third kappa shape index (κ3) is 2.90. The maximum absolute atomic E-state index is 6.14. The van der Waals surface area contributed by atoms with Gasteiger partial charge in [0.1, 0.15) is 0 Å². The Hall–Kier alpha value is -0.900. The molecule has 0 spiro atoms. The highest BCUT2D eigenvalue weighted by Crippen LogP contribution is 2.39. The minimum atomic E-state index is 0.256. The zero-order valence-electron chi connectivity index (χ0n) is 12.3. The zero-order chi connectivity index (χ0) is 13.9. The molecule has 0 bridgehead atoms. The standard InChI is InChI=1S/C17H23NOS/c1-12(2)18-10-13-6-5-9-19-17(13)15-11-20-16-8-4-3-7-14(15)16/h3-4,7-8,11-13,17-18H,5-6,9-10H2,1-2H3. The lowest BCUT2D eigenvalue weighted by atomic mass is 9.89. The van der Waals surface area contributed by atoms with Crippen LogP contribution in [0.1, 0.15) is 38.4 Å². The van der Waals surface area contributed by atoms with E-state index in [1.165, 1.54) is 28.5 Å². The van der Waals surface area contributed by atoms with Crippen LogP contribution in [0.2, 0.25) is 0 Å². The van der Waals surface area contributed by atoms with Crippen molar-refractivity contribution >= 4 is 21.4 Å². The van der Waals surface area contributed by atoms with Gasteiger partial charge in [-0.05, 0) is 35.2 Å². The van der Waals surface area contributed by atoms with Gasteiger partial charge in [0.05, 0.1) is 6.10 Å². The maximum atomic E-state index is 6.14. The molecule has 0 radical (unpaired) electrons. The summed E-state index contributed by atoms with van der Waals surface area (Å²) in [5.41, 5.74) is 1.39. The van der Waals surface area contributed by atoms with Crippen molar-refractivity contribution in [2.45, 2.75) is 38.8 Å². The summed E-state index contributed by atoms with van der Waals surface area (Å²) in [6.45, 7) is 6.36. The van der Waals surface area contributed by atoms with Crippen molar-refractivity contribution in [3.8, 4) is 0 Å². The Morgan fingerprint density at radius 3 is 3.05 bits per heavy atom. The summed E-state index contributed by atoms with van der Waals surface area (Å²) in [5.74, 6) is 0.587. The average molecular weight is 289 g/mol. The number of fused-ring (bicyclic) bond motifs is 1. The van der Waals surface area contributed by atoms with Crippen molar-refractivity contribution in [1.82, 2.24) is 5.32 Å². The van der Waals surface area contributed by atoms with E-state index in [-0.39, 0.29) is 6.10 Å². The predicted octanol–water partition coefficient (Wildman–Crippen LogP) is 4.37. The van der Waals surface area contributed by atoms with Crippen molar-refractivity contribution in [3.05, 3.63) is 35.2 Å². The van der Waals surface area contributed by atoms with Crippen molar-refractivity contribution in [1.29, 1.82) is 0 Å². The van der Waals surface area contributed by atoms with E-state index in [2.05, 4.69) is 48.8 Å². The topological polar surface area (TPSA) is 21.3 Å². The van der Waals surface area contributed by atoms with Crippen LogP contribution in [0.5, 0.6) is 0 Å². The Labute approximate surface area is 125 Å². The van der Waals surface area contributed by atoms with Gasteiger partial charge in [-0.1, -0.05) is 32.0 Å². The van der Waals surface area contributed by atoms with E-state index >= 15 is 0 Å². The van der Waals surface area contributed by atoms with Gasteiger partial charge < -0.3 is 10.1 Å². The predicted molar refractivity (Wildman–Crippen MR) is 86.4 cm³/mol. The normalized spacial score (nSPS) is 23.6. The van der Waals surface area contributed by atoms with E-state index in [0.717, 1.165) is 13.2 Å². The van der Waals surface area contributed by atoms with E-state index in [4.69, 9.17) is 4.74 Å². The molecule has 1 aliphatic rings. The van der Waals surface area contributed by atoms with Crippen LogP contribution in [-0.4, -0.2) is 19.2 Å². The van der Waals surface area contributed by atoms with Crippen molar-refractivity contribution in [2.75, 3.05) is 13.2 Å². The van der Waals surface area contributed by atoms with Crippen LogP contribution in [0.15, 0.2) is 29.6 Å². The fourth-order valence-electron chi connectivity index (χ4n) is 3.00. The second-order valence-corrected chi connectivity index (χ2v) is 6.86. The molecule has 2 nitrogen and oxygen atoms in total. The molecule has 2 heterocycles. The molecular formula is C17H23NOS. The lowest BCUT2D eigenvalue weighted by Gasteiger charge is -2.32. The highest BCUT2D eigenvalue weighted by Gasteiger charge is 2.29. The van der Waals surface area contributed by atoms with Gasteiger partial charge in [0.2, 0.25) is 0 Å². The second-order valence-electron chi connectivity index (χ2n) is 5.94. The molecule has 1 aliphatic heterocycles. The molecule has 2 atom stereocenters. The maximum Gasteiger partial charge on any atom is 0.0879 e. The Kier molecular flexibility index (Phi) is 4.39. The first kappa shape index (κ1) is 14.1. The summed E-state index contributed by atoms with van der Waals surface area (Å²) in [4.78, 5) is 0. The molecule has 2 unspecified atom stereocenters. The van der Waals surface area contributed by atoms with E-state index in [0.29, 0.717) is 12.0 Å². The molecule has 2 aromatic rings. The van der Waals surface area contributed by atoms with Crippen LogP contribution < -0.4 is 5.32 Å². The monoisotopic (exact) mass is 289 g/mol. The van der Waals surface area contributed by atoms with Gasteiger partial charge >= 0.3 is 0 Å². The molecule has 0 amide bonds. The molecule has 108 valence electrons. The van der Waals surface area contributed by atoms with Gasteiger partial charge in [0.15, 0.2) is 0 Å². The van der Waals surface area contributed by atoms with E-state index in [1.807, 2.05) is 11.3 Å². The van der Waals surface area contributed by atoms with Gasteiger partial charge in [-0.25, -0.2) is 0 Å². The Morgan fingerprint density at radius 2 is 2.20 bits per heavy atom. The number of nitrogens with one attached hydrogen (secondary N) is 1. The second kappa shape index (κ2) is 6.25. The van der Waals surface area contributed by atoms with Crippen molar-refractivity contribution in [2.24, 2.45) is 5.92 Å². The average Bonchev–Trinajstić information content (AvgIpc) is 2.89. The molecule has 1 aromatic carbocycles. The Bertz CT molecular complexity index is 563. The molecular weight excluding hydrogens is 266 g/mol. The van der Waals surface area contributed by atoms with E-state index < -0.39 is 0 Å². The van der Waals surface area contributed by atoms with Gasteiger partial charge in [-0.15, -0.1) is 11.3 Å². The summed E-state index contributed by atoms with van der Waals surface area (Å²) in [6, 6.07) is 9.21. The summed E-state index contributed by atoms with van der Waals surface area (Å²) in [5, 5.41) is 7.25. The van der Waals surface area contributed by atoms with Crippen molar-refractivity contribution < 1.29 is 4.74 Å². The first-order valence-electron chi connectivity index (χ1n) is 7.57. The highest BCUT2D eigenvalue weighted by molar-refractivity contribution is 7.17. The Morgan fingerprint density at radius 1 is 1.35 bits per heavy atom. The molecule has 1 N–H and O–H groups in total. The number of hydrogen-bond acceptors (Lipinski definition) is 3. The third-order valence-corrected chi connectivity index (χ3v) is 5.03. The fourth-order valence-corrected chi connectivity index (χ4v) is 3.99. The molecule has 20 heavy (non-hydrogen) atoms. The van der Waals surface area contributed by atoms with Crippen molar-refractivity contribution in [3.63, 3.8) is 0 Å². The molecule has 1 saturated heterocycles. The minimum Gasteiger partial charge on any atom is -0.373 e.